The second kappa shape index (κ2) is 5.48. The number of thioether (sulfide) groups is 1. The maximum Gasteiger partial charge on any atom is 0.336 e. The Hall–Kier alpha value is -1.30. The van der Waals surface area contributed by atoms with E-state index in [0.717, 1.165) is 14.9 Å². The number of carbonyl (C=O) groups is 1. The predicted octanol–water partition coefficient (Wildman–Crippen LogP) is 3.42. The molecule has 21 heavy (non-hydrogen) atoms. The Morgan fingerprint density at radius 3 is 2.19 bits per heavy atom. The maximum atomic E-state index is 12.6. The molecule has 2 rings (SSSR count). The molecule has 1 aromatic rings. The van der Waals surface area contributed by atoms with Gasteiger partial charge in [-0.2, -0.15) is 0 Å². The Labute approximate surface area is 129 Å². The summed E-state index contributed by atoms with van der Waals surface area (Å²) in [4.78, 5) is 13.9. The van der Waals surface area contributed by atoms with Crippen molar-refractivity contribution >= 4 is 17.7 Å². The molecule has 0 aromatic heterocycles. The lowest BCUT2D eigenvalue weighted by molar-refractivity contribution is -0.239. The number of hydroxylamine groups is 2. The minimum atomic E-state index is -0.909. The van der Waals surface area contributed by atoms with Crippen molar-refractivity contribution in [3.05, 3.63) is 40.8 Å². The van der Waals surface area contributed by atoms with Crippen LogP contribution >= 0.6 is 11.8 Å². The number of hydrogen-bond donors (Lipinski definition) is 0. The minimum absolute atomic E-state index is 0.440. The number of nitrogens with zero attached hydrogens (tertiary/aromatic N) is 1. The van der Waals surface area contributed by atoms with Crippen LogP contribution in [0, 0.1) is 0 Å². The van der Waals surface area contributed by atoms with Crippen LogP contribution in [0.5, 0.6) is 0 Å². The number of carbonyl (C=O) groups excluding carboxylic acids is 1. The maximum absolute atomic E-state index is 12.6. The quantitative estimate of drug-likeness (QED) is 0.803. The first-order chi connectivity index (χ1) is 9.72. The van der Waals surface area contributed by atoms with Crippen LogP contribution in [0.25, 0.3) is 0 Å². The van der Waals surface area contributed by atoms with Gasteiger partial charge in [0.15, 0.2) is 0 Å². The summed E-state index contributed by atoms with van der Waals surface area (Å²) in [5, 5.41) is 13.6. The van der Waals surface area contributed by atoms with Gasteiger partial charge in [0.1, 0.15) is 0 Å². The summed E-state index contributed by atoms with van der Waals surface area (Å²) in [7, 11) is 1.34. The highest BCUT2D eigenvalue weighted by molar-refractivity contribution is 8.03. The van der Waals surface area contributed by atoms with E-state index in [1.165, 1.54) is 18.9 Å². The molecule has 0 fully saturated rings. The largest absolute Gasteiger partial charge is 0.466 e. The van der Waals surface area contributed by atoms with E-state index in [1.54, 1.807) is 13.8 Å². The fourth-order valence-corrected chi connectivity index (χ4v) is 4.00. The first kappa shape index (κ1) is 16.1. The SMILES string of the molecule is COC(=O)C1=C(Sc2ccccc2)C(C)(C)N([O])C1(C)C. The van der Waals surface area contributed by atoms with Crippen molar-refractivity contribution in [1.29, 1.82) is 0 Å². The number of hydrogen-bond acceptors (Lipinski definition) is 4. The summed E-state index contributed by atoms with van der Waals surface area (Å²) in [6.07, 6.45) is 0. The molecule has 0 aliphatic carbocycles. The van der Waals surface area contributed by atoms with Gasteiger partial charge in [0, 0.05) is 9.80 Å². The summed E-state index contributed by atoms with van der Waals surface area (Å²) in [5.74, 6) is -0.440. The van der Waals surface area contributed by atoms with Gasteiger partial charge in [-0.15, -0.1) is 10.3 Å². The van der Waals surface area contributed by atoms with Crippen molar-refractivity contribution in [3.63, 3.8) is 0 Å². The highest BCUT2D eigenvalue weighted by Crippen LogP contribution is 2.50. The molecule has 1 aromatic carbocycles. The Morgan fingerprint density at radius 2 is 1.67 bits per heavy atom. The zero-order chi connectivity index (χ0) is 15.8. The van der Waals surface area contributed by atoms with Crippen molar-refractivity contribution in [2.24, 2.45) is 0 Å². The fraction of sp³-hybridized carbons (Fsp3) is 0.438. The van der Waals surface area contributed by atoms with E-state index in [-0.39, 0.29) is 0 Å². The Kier molecular flexibility index (Phi) is 4.19. The second-order valence-corrected chi connectivity index (χ2v) is 7.11. The Bertz CT molecular complexity index is 578. The van der Waals surface area contributed by atoms with Gasteiger partial charge in [0.2, 0.25) is 0 Å². The van der Waals surface area contributed by atoms with E-state index in [2.05, 4.69) is 0 Å². The van der Waals surface area contributed by atoms with Gasteiger partial charge in [0.25, 0.3) is 0 Å². The number of ether oxygens (including phenoxy) is 1. The van der Waals surface area contributed by atoms with Gasteiger partial charge in [-0.25, -0.2) is 4.79 Å². The van der Waals surface area contributed by atoms with E-state index in [0.29, 0.717) is 5.57 Å². The average molecular weight is 306 g/mol. The standard InChI is InChI=1S/C16H20NO3S/c1-15(2)12(14(18)20-5)13(16(3,4)17(15)19)21-11-9-7-6-8-10-11/h6-10H,1-5H3. The molecule has 5 heteroatoms. The lowest BCUT2D eigenvalue weighted by atomic mass is 9.97. The van der Waals surface area contributed by atoms with Crippen LogP contribution in [0.15, 0.2) is 45.7 Å². The molecule has 0 saturated heterocycles. The number of methoxy groups -OCH3 is 1. The summed E-state index contributed by atoms with van der Waals surface area (Å²) >= 11 is 1.45. The van der Waals surface area contributed by atoms with Crippen LogP contribution in [-0.2, 0) is 14.7 Å². The first-order valence-electron chi connectivity index (χ1n) is 6.77. The van der Waals surface area contributed by atoms with Crippen molar-refractivity contribution in [3.8, 4) is 0 Å². The van der Waals surface area contributed by atoms with E-state index in [4.69, 9.17) is 4.74 Å². The van der Waals surface area contributed by atoms with E-state index < -0.39 is 17.0 Å². The Morgan fingerprint density at radius 1 is 1.10 bits per heavy atom. The molecule has 0 atom stereocenters. The molecule has 0 N–H and O–H groups in total. The van der Waals surface area contributed by atoms with Gasteiger partial charge in [-0.05, 0) is 39.8 Å². The molecule has 4 nitrogen and oxygen atoms in total. The van der Waals surface area contributed by atoms with Crippen LogP contribution < -0.4 is 0 Å². The molecule has 1 aliphatic rings. The normalized spacial score (nSPS) is 20.7. The highest BCUT2D eigenvalue weighted by atomic mass is 32.2. The van der Waals surface area contributed by atoms with Crippen molar-refractivity contribution in [1.82, 2.24) is 5.06 Å². The monoisotopic (exact) mass is 306 g/mol. The third kappa shape index (κ3) is 2.61. The van der Waals surface area contributed by atoms with Gasteiger partial charge in [-0.1, -0.05) is 30.0 Å². The zero-order valence-corrected chi connectivity index (χ0v) is 13.8. The number of esters is 1. The zero-order valence-electron chi connectivity index (χ0n) is 13.0. The smallest absolute Gasteiger partial charge is 0.336 e. The number of benzene rings is 1. The molecule has 1 radical (unpaired) electrons. The predicted molar refractivity (Wildman–Crippen MR) is 82.0 cm³/mol. The third-order valence-corrected chi connectivity index (χ3v) is 5.18. The van der Waals surface area contributed by atoms with Crippen LogP contribution in [0.3, 0.4) is 0 Å². The fourth-order valence-electron chi connectivity index (χ4n) is 2.70. The lowest BCUT2D eigenvalue weighted by Crippen LogP contribution is -2.48. The minimum Gasteiger partial charge on any atom is -0.466 e. The third-order valence-electron chi connectivity index (χ3n) is 3.76. The van der Waals surface area contributed by atoms with Crippen LogP contribution in [0.1, 0.15) is 27.7 Å². The van der Waals surface area contributed by atoms with Crippen molar-refractivity contribution in [2.75, 3.05) is 7.11 Å². The van der Waals surface area contributed by atoms with Gasteiger partial charge in [-0.3, -0.25) is 0 Å². The topological polar surface area (TPSA) is 49.4 Å². The summed E-state index contributed by atoms with van der Waals surface area (Å²) in [5.41, 5.74) is -1.24. The van der Waals surface area contributed by atoms with Gasteiger partial charge in [0.05, 0.1) is 23.8 Å². The molecule has 113 valence electrons. The van der Waals surface area contributed by atoms with E-state index >= 15 is 0 Å². The molecular formula is C16H20NO3S. The molecule has 0 amide bonds. The number of rotatable bonds is 3. The van der Waals surface area contributed by atoms with Crippen LogP contribution in [0.4, 0.5) is 0 Å². The molecule has 1 heterocycles. The molecule has 0 bridgehead atoms. The van der Waals surface area contributed by atoms with Crippen molar-refractivity contribution in [2.45, 2.75) is 43.7 Å². The second-order valence-electron chi connectivity index (χ2n) is 6.02. The molecular weight excluding hydrogens is 286 g/mol. The average Bonchev–Trinajstić information content (AvgIpc) is 2.58. The van der Waals surface area contributed by atoms with E-state index in [1.807, 2.05) is 44.2 Å². The molecule has 1 aliphatic heterocycles. The summed E-state index contributed by atoms with van der Waals surface area (Å²) in [6.45, 7) is 7.19. The summed E-state index contributed by atoms with van der Waals surface area (Å²) < 4.78 is 4.90. The highest BCUT2D eigenvalue weighted by Gasteiger charge is 2.54. The first-order valence-corrected chi connectivity index (χ1v) is 7.58. The van der Waals surface area contributed by atoms with Crippen molar-refractivity contribution < 1.29 is 14.7 Å². The Balaban J connectivity index is 2.56. The van der Waals surface area contributed by atoms with Crippen LogP contribution in [-0.4, -0.2) is 29.2 Å². The lowest BCUT2D eigenvalue weighted by Gasteiger charge is -2.34. The summed E-state index contributed by atoms with van der Waals surface area (Å²) in [6, 6.07) is 9.72. The van der Waals surface area contributed by atoms with Crippen LogP contribution in [0.2, 0.25) is 0 Å². The van der Waals surface area contributed by atoms with E-state index in [9.17, 15) is 10.0 Å². The van der Waals surface area contributed by atoms with Gasteiger partial charge >= 0.3 is 5.97 Å². The molecule has 0 saturated carbocycles. The molecule has 0 spiro atoms. The molecule has 0 unspecified atom stereocenters. The van der Waals surface area contributed by atoms with Gasteiger partial charge < -0.3 is 4.74 Å².